The van der Waals surface area contributed by atoms with Gasteiger partial charge in [0.15, 0.2) is 0 Å². The van der Waals surface area contributed by atoms with Crippen LogP contribution in [0, 0.1) is 12.8 Å². The predicted octanol–water partition coefficient (Wildman–Crippen LogP) is 4.24. The number of amides is 1. The van der Waals surface area contributed by atoms with E-state index in [2.05, 4.69) is 0 Å². The normalized spacial score (nSPS) is 14.9. The zero-order chi connectivity index (χ0) is 18.5. The van der Waals surface area contributed by atoms with Crippen LogP contribution in [0.5, 0.6) is 0 Å². The zero-order valence-electron chi connectivity index (χ0n) is 14.8. The fourth-order valence-electron chi connectivity index (χ4n) is 3.13. The lowest BCUT2D eigenvalue weighted by atomic mass is 9.96. The second-order valence-electron chi connectivity index (χ2n) is 6.61. The van der Waals surface area contributed by atoms with E-state index in [0.29, 0.717) is 43.1 Å². The quantitative estimate of drug-likeness (QED) is 0.755. The van der Waals surface area contributed by atoms with Gasteiger partial charge in [-0.25, -0.2) is 0 Å². The van der Waals surface area contributed by atoms with Crippen LogP contribution in [0.3, 0.4) is 0 Å². The van der Waals surface area contributed by atoms with Crippen molar-refractivity contribution in [1.29, 1.82) is 0 Å². The van der Waals surface area contributed by atoms with Crippen molar-refractivity contribution in [3.63, 3.8) is 0 Å². The van der Waals surface area contributed by atoms with E-state index in [4.69, 9.17) is 16.3 Å². The number of halogens is 1. The topological polar surface area (TPSA) is 46.6 Å². The molecule has 0 unspecified atom stereocenters. The monoisotopic (exact) mass is 371 g/mol. The van der Waals surface area contributed by atoms with Crippen LogP contribution in [0.4, 0.5) is 0 Å². The van der Waals surface area contributed by atoms with Crippen molar-refractivity contribution < 1.29 is 14.3 Å². The fourth-order valence-corrected chi connectivity index (χ4v) is 3.26. The molecule has 0 saturated carbocycles. The van der Waals surface area contributed by atoms with Gasteiger partial charge in [0, 0.05) is 23.7 Å². The van der Waals surface area contributed by atoms with Crippen LogP contribution in [0.2, 0.25) is 5.02 Å². The molecule has 1 aliphatic heterocycles. The average Bonchev–Trinajstić information content (AvgIpc) is 2.67. The smallest absolute Gasteiger partial charge is 0.309 e. The molecule has 2 aromatic rings. The minimum Gasteiger partial charge on any atom is -0.461 e. The Kier molecular flexibility index (Phi) is 5.94. The summed E-state index contributed by atoms with van der Waals surface area (Å²) >= 11 is 5.86. The SMILES string of the molecule is Cc1ccccc1COC(=O)C1CCN(C(=O)c2ccc(Cl)cc2)CC1. The molecule has 26 heavy (non-hydrogen) atoms. The second-order valence-corrected chi connectivity index (χ2v) is 7.04. The molecular formula is C21H22ClNO3. The maximum Gasteiger partial charge on any atom is 0.309 e. The molecule has 1 heterocycles. The average molecular weight is 372 g/mol. The Morgan fingerprint density at radius 2 is 1.73 bits per heavy atom. The molecule has 2 aromatic carbocycles. The first kappa shape index (κ1) is 18.5. The number of carbonyl (C=O) groups excluding carboxylic acids is 2. The lowest BCUT2D eigenvalue weighted by molar-refractivity contribution is -0.151. The maximum atomic E-state index is 12.5. The van der Waals surface area contributed by atoms with Gasteiger partial charge in [-0.1, -0.05) is 35.9 Å². The highest BCUT2D eigenvalue weighted by atomic mass is 35.5. The summed E-state index contributed by atoms with van der Waals surface area (Å²) in [6.45, 7) is 3.43. The van der Waals surface area contributed by atoms with Gasteiger partial charge in [0.1, 0.15) is 6.61 Å². The summed E-state index contributed by atoms with van der Waals surface area (Å²) in [5.74, 6) is -0.339. The summed E-state index contributed by atoms with van der Waals surface area (Å²) in [4.78, 5) is 26.6. The molecule has 0 atom stereocenters. The molecule has 1 saturated heterocycles. The first-order chi connectivity index (χ1) is 12.5. The molecule has 0 aromatic heterocycles. The number of likely N-dealkylation sites (tertiary alicyclic amines) is 1. The van der Waals surface area contributed by atoms with Gasteiger partial charge in [-0.15, -0.1) is 0 Å². The number of aryl methyl sites for hydroxylation is 1. The Hall–Kier alpha value is -2.33. The summed E-state index contributed by atoms with van der Waals surface area (Å²) in [6.07, 6.45) is 1.26. The predicted molar refractivity (Wildman–Crippen MR) is 101 cm³/mol. The van der Waals surface area contributed by atoms with Crippen LogP contribution >= 0.6 is 11.6 Å². The number of nitrogens with zero attached hydrogens (tertiary/aromatic N) is 1. The van der Waals surface area contributed by atoms with Gasteiger partial charge < -0.3 is 9.64 Å². The zero-order valence-corrected chi connectivity index (χ0v) is 15.5. The van der Waals surface area contributed by atoms with Crippen LogP contribution < -0.4 is 0 Å². The Balaban J connectivity index is 1.50. The third-order valence-corrected chi connectivity index (χ3v) is 5.09. The summed E-state index contributed by atoms with van der Waals surface area (Å²) in [5.41, 5.74) is 2.76. The third kappa shape index (κ3) is 4.44. The van der Waals surface area contributed by atoms with Crippen molar-refractivity contribution in [2.45, 2.75) is 26.4 Å². The maximum absolute atomic E-state index is 12.5. The molecule has 0 aliphatic carbocycles. The number of piperidine rings is 1. The lowest BCUT2D eigenvalue weighted by Crippen LogP contribution is -2.40. The molecule has 0 spiro atoms. The molecule has 136 valence electrons. The van der Waals surface area contributed by atoms with Gasteiger partial charge in [0.25, 0.3) is 5.91 Å². The Labute approximate surface area is 158 Å². The van der Waals surface area contributed by atoms with E-state index < -0.39 is 0 Å². The van der Waals surface area contributed by atoms with E-state index >= 15 is 0 Å². The molecule has 1 amide bonds. The van der Waals surface area contributed by atoms with Gasteiger partial charge in [-0.2, -0.15) is 0 Å². The van der Waals surface area contributed by atoms with Crippen molar-refractivity contribution in [3.8, 4) is 0 Å². The van der Waals surface area contributed by atoms with Gasteiger partial charge in [0.2, 0.25) is 0 Å². The number of hydrogen-bond donors (Lipinski definition) is 0. The van der Waals surface area contributed by atoms with E-state index in [-0.39, 0.29) is 17.8 Å². The van der Waals surface area contributed by atoms with E-state index in [9.17, 15) is 9.59 Å². The third-order valence-electron chi connectivity index (χ3n) is 4.84. The van der Waals surface area contributed by atoms with Crippen molar-refractivity contribution in [1.82, 2.24) is 4.90 Å². The number of hydrogen-bond acceptors (Lipinski definition) is 3. The molecule has 5 heteroatoms. The number of esters is 1. The Bertz CT molecular complexity index is 780. The fraction of sp³-hybridized carbons (Fsp3) is 0.333. The standard InChI is InChI=1S/C21H22ClNO3/c1-15-4-2-3-5-18(15)14-26-21(25)17-10-12-23(13-11-17)20(24)16-6-8-19(22)9-7-16/h2-9,17H,10-14H2,1H3. The lowest BCUT2D eigenvalue weighted by Gasteiger charge is -2.31. The molecule has 0 N–H and O–H groups in total. The van der Waals surface area contributed by atoms with Crippen molar-refractivity contribution in [2.75, 3.05) is 13.1 Å². The van der Waals surface area contributed by atoms with Crippen LogP contribution in [-0.4, -0.2) is 29.9 Å². The summed E-state index contributed by atoms with van der Waals surface area (Å²) in [6, 6.07) is 14.8. The van der Waals surface area contributed by atoms with Crippen LogP contribution in [-0.2, 0) is 16.1 Å². The summed E-state index contributed by atoms with van der Waals surface area (Å²) in [7, 11) is 0. The van der Waals surface area contributed by atoms with Gasteiger partial charge in [0.05, 0.1) is 5.92 Å². The first-order valence-electron chi connectivity index (χ1n) is 8.80. The minimum absolute atomic E-state index is 0.0200. The van der Waals surface area contributed by atoms with Gasteiger partial charge >= 0.3 is 5.97 Å². The van der Waals surface area contributed by atoms with Crippen molar-refractivity contribution in [2.24, 2.45) is 5.92 Å². The summed E-state index contributed by atoms with van der Waals surface area (Å²) < 4.78 is 5.48. The van der Waals surface area contributed by atoms with E-state index in [0.717, 1.165) is 11.1 Å². The molecule has 3 rings (SSSR count). The minimum atomic E-state index is -0.174. The molecule has 0 bridgehead atoms. The van der Waals surface area contributed by atoms with Crippen molar-refractivity contribution in [3.05, 3.63) is 70.2 Å². The molecule has 1 fully saturated rings. The number of ether oxygens (including phenoxy) is 1. The molecular weight excluding hydrogens is 350 g/mol. The highest BCUT2D eigenvalue weighted by molar-refractivity contribution is 6.30. The number of carbonyl (C=O) groups is 2. The molecule has 4 nitrogen and oxygen atoms in total. The van der Waals surface area contributed by atoms with Crippen molar-refractivity contribution >= 4 is 23.5 Å². The second kappa shape index (κ2) is 8.37. The Morgan fingerprint density at radius 1 is 1.08 bits per heavy atom. The molecule has 1 aliphatic rings. The number of rotatable bonds is 4. The highest BCUT2D eigenvalue weighted by Crippen LogP contribution is 2.22. The van der Waals surface area contributed by atoms with E-state index in [1.54, 1.807) is 29.2 Å². The van der Waals surface area contributed by atoms with Gasteiger partial charge in [-0.05, 0) is 55.2 Å². The first-order valence-corrected chi connectivity index (χ1v) is 9.18. The van der Waals surface area contributed by atoms with Crippen LogP contribution in [0.1, 0.15) is 34.3 Å². The van der Waals surface area contributed by atoms with Gasteiger partial charge in [-0.3, -0.25) is 9.59 Å². The molecule has 0 radical (unpaired) electrons. The van der Waals surface area contributed by atoms with E-state index in [1.165, 1.54) is 0 Å². The van der Waals surface area contributed by atoms with Crippen LogP contribution in [0.15, 0.2) is 48.5 Å². The summed E-state index contributed by atoms with van der Waals surface area (Å²) in [5, 5.41) is 0.608. The Morgan fingerprint density at radius 3 is 2.38 bits per heavy atom. The highest BCUT2D eigenvalue weighted by Gasteiger charge is 2.28. The van der Waals surface area contributed by atoms with E-state index in [1.807, 2.05) is 31.2 Å². The largest absolute Gasteiger partial charge is 0.461 e. The van der Waals surface area contributed by atoms with Crippen LogP contribution in [0.25, 0.3) is 0 Å². The number of benzene rings is 2.